The third-order valence-corrected chi connectivity index (χ3v) is 3.46. The topological polar surface area (TPSA) is 129 Å². The number of ketones is 1. The van der Waals surface area contributed by atoms with Gasteiger partial charge in [0.2, 0.25) is 0 Å². The number of rotatable bonds is 10. The molecule has 0 amide bonds. The van der Waals surface area contributed by atoms with Gasteiger partial charge in [-0.25, -0.2) is 4.79 Å². The van der Waals surface area contributed by atoms with E-state index < -0.39 is 5.97 Å². The summed E-state index contributed by atoms with van der Waals surface area (Å²) in [4.78, 5) is 23.3. The molecule has 2 aromatic carbocycles. The lowest BCUT2D eigenvalue weighted by Gasteiger charge is -2.03. The first-order valence-corrected chi connectivity index (χ1v) is 8.40. The number of Topliss-reactive ketones (excluding diaryl/α,β-unsaturated/α-hetero) is 1. The molecule has 8 nitrogen and oxygen atoms in total. The number of hydrogen-bond acceptors (Lipinski definition) is 8. The molecule has 0 heterocycles. The summed E-state index contributed by atoms with van der Waals surface area (Å²) < 4.78 is 9.83. The number of carbonyl (C=O) groups is 2. The van der Waals surface area contributed by atoms with Crippen LogP contribution in [0.4, 0.5) is 11.4 Å². The minimum Gasteiger partial charge on any atom is -0.446 e. The van der Waals surface area contributed by atoms with Crippen LogP contribution in [0.15, 0.2) is 58.8 Å². The zero-order valence-corrected chi connectivity index (χ0v) is 14.8. The van der Waals surface area contributed by atoms with Crippen LogP contribution < -0.4 is 11.5 Å². The van der Waals surface area contributed by atoms with Crippen LogP contribution in [-0.2, 0) is 20.7 Å². The second kappa shape index (κ2) is 10.9. The monoisotopic (exact) mass is 370 g/mol. The maximum Gasteiger partial charge on any atom is 0.339 e. The molecule has 0 radical (unpaired) electrons. The van der Waals surface area contributed by atoms with Gasteiger partial charge < -0.3 is 15.2 Å². The zero-order chi connectivity index (χ0) is 19.5. The van der Waals surface area contributed by atoms with Gasteiger partial charge in [-0.05, 0) is 42.0 Å². The number of hydrogen-bond donors (Lipinski definition) is 2. The van der Waals surface area contributed by atoms with Crippen molar-refractivity contribution in [2.24, 2.45) is 21.7 Å². The summed E-state index contributed by atoms with van der Waals surface area (Å²) in [6.07, 6.45) is 0.294. The fraction of sp³-hybridized carbons (Fsp3) is 0.263. The number of carbonyl (C=O) groups excluding carboxylic acids is 2. The quantitative estimate of drug-likeness (QED) is 0.286. The molecule has 0 saturated carbocycles. The number of azo groups is 1. The third-order valence-electron chi connectivity index (χ3n) is 3.46. The molecule has 0 aliphatic heterocycles. The lowest BCUT2D eigenvalue weighted by atomic mass is 10.1. The van der Waals surface area contributed by atoms with E-state index in [0.717, 1.165) is 5.56 Å². The Balaban J connectivity index is 1.90. The van der Waals surface area contributed by atoms with Crippen molar-refractivity contribution in [3.63, 3.8) is 0 Å². The van der Waals surface area contributed by atoms with E-state index in [1.165, 1.54) is 0 Å². The van der Waals surface area contributed by atoms with Crippen molar-refractivity contribution >= 4 is 23.1 Å². The molecule has 4 N–H and O–H groups in total. The van der Waals surface area contributed by atoms with E-state index in [0.29, 0.717) is 36.5 Å². The second-order valence-corrected chi connectivity index (χ2v) is 5.57. The van der Waals surface area contributed by atoms with Crippen LogP contribution in [0.25, 0.3) is 0 Å². The van der Waals surface area contributed by atoms with Crippen molar-refractivity contribution < 1.29 is 19.1 Å². The van der Waals surface area contributed by atoms with Gasteiger partial charge in [-0.3, -0.25) is 10.5 Å². The SMILES string of the molecule is NCCOCC(=O)Cc1ccc(N=Nc2ccc(C(=O)OCN)cc2)cc1. The Morgan fingerprint density at radius 2 is 1.48 bits per heavy atom. The summed E-state index contributed by atoms with van der Waals surface area (Å²) in [5.74, 6) is -0.495. The highest BCUT2D eigenvalue weighted by Gasteiger charge is 2.06. The molecule has 0 spiro atoms. The largest absolute Gasteiger partial charge is 0.446 e. The van der Waals surface area contributed by atoms with Crippen molar-refractivity contribution in [2.75, 3.05) is 26.5 Å². The lowest BCUT2D eigenvalue weighted by Crippen LogP contribution is -2.16. The van der Waals surface area contributed by atoms with Crippen LogP contribution in [0.1, 0.15) is 15.9 Å². The number of ether oxygens (including phenoxy) is 2. The average molecular weight is 370 g/mol. The molecule has 0 fully saturated rings. The van der Waals surface area contributed by atoms with Crippen molar-refractivity contribution in [3.8, 4) is 0 Å². The van der Waals surface area contributed by atoms with Crippen LogP contribution >= 0.6 is 0 Å². The molecule has 0 atom stereocenters. The van der Waals surface area contributed by atoms with Crippen molar-refractivity contribution in [1.29, 1.82) is 0 Å². The molecule has 2 aromatic rings. The first kappa shape index (κ1) is 20.4. The highest BCUT2D eigenvalue weighted by atomic mass is 16.5. The third kappa shape index (κ3) is 7.06. The van der Waals surface area contributed by atoms with E-state index in [2.05, 4.69) is 10.2 Å². The Hall–Kier alpha value is -2.94. The van der Waals surface area contributed by atoms with Gasteiger partial charge >= 0.3 is 5.97 Å². The minimum atomic E-state index is -0.487. The molecule has 0 aliphatic rings. The Labute approximate surface area is 157 Å². The first-order chi connectivity index (χ1) is 13.1. The summed E-state index contributed by atoms with van der Waals surface area (Å²) >= 11 is 0. The van der Waals surface area contributed by atoms with Crippen molar-refractivity contribution in [3.05, 3.63) is 59.7 Å². The van der Waals surface area contributed by atoms with Crippen LogP contribution in [0.2, 0.25) is 0 Å². The predicted octanol–water partition coefficient (Wildman–Crippen LogP) is 2.26. The van der Waals surface area contributed by atoms with Crippen LogP contribution in [0.3, 0.4) is 0 Å². The average Bonchev–Trinajstić information content (AvgIpc) is 2.68. The smallest absolute Gasteiger partial charge is 0.339 e. The van der Waals surface area contributed by atoms with Crippen LogP contribution in [0.5, 0.6) is 0 Å². The van der Waals surface area contributed by atoms with E-state index in [4.69, 9.17) is 20.9 Å². The number of esters is 1. The summed E-state index contributed by atoms with van der Waals surface area (Å²) in [6.45, 7) is 0.670. The predicted molar refractivity (Wildman–Crippen MR) is 100 cm³/mol. The molecule has 8 heteroatoms. The maximum atomic E-state index is 11.8. The van der Waals surface area contributed by atoms with E-state index in [1.807, 2.05) is 12.1 Å². The lowest BCUT2D eigenvalue weighted by molar-refractivity contribution is -0.122. The molecule has 142 valence electrons. The molecule has 0 aliphatic carbocycles. The van der Waals surface area contributed by atoms with E-state index in [-0.39, 0.29) is 19.1 Å². The van der Waals surface area contributed by atoms with E-state index in [9.17, 15) is 9.59 Å². The molecular weight excluding hydrogens is 348 g/mol. The second-order valence-electron chi connectivity index (χ2n) is 5.57. The van der Waals surface area contributed by atoms with Gasteiger partial charge in [-0.2, -0.15) is 10.2 Å². The fourth-order valence-corrected chi connectivity index (χ4v) is 2.17. The first-order valence-electron chi connectivity index (χ1n) is 8.40. The maximum absolute atomic E-state index is 11.8. The van der Waals surface area contributed by atoms with Gasteiger partial charge in [-0.15, -0.1) is 0 Å². The number of benzene rings is 2. The highest BCUT2D eigenvalue weighted by Crippen LogP contribution is 2.19. The van der Waals surface area contributed by atoms with Crippen LogP contribution in [0, 0.1) is 0 Å². The van der Waals surface area contributed by atoms with Crippen molar-refractivity contribution in [1.82, 2.24) is 0 Å². The standard InChI is InChI=1S/C19H22N4O4/c20-9-10-26-12-18(24)11-14-1-5-16(6-2-14)22-23-17-7-3-15(4-8-17)19(25)27-13-21/h1-8H,9-13,20-21H2. The Morgan fingerprint density at radius 3 is 2.04 bits per heavy atom. The normalized spacial score (nSPS) is 10.9. The fourth-order valence-electron chi connectivity index (χ4n) is 2.17. The molecular formula is C19H22N4O4. The zero-order valence-electron chi connectivity index (χ0n) is 14.8. The highest BCUT2D eigenvalue weighted by molar-refractivity contribution is 5.89. The van der Waals surface area contributed by atoms with E-state index in [1.54, 1.807) is 36.4 Å². The van der Waals surface area contributed by atoms with Gasteiger partial charge in [0.1, 0.15) is 13.3 Å². The molecule has 0 unspecified atom stereocenters. The Bertz CT molecular complexity index is 773. The number of nitrogens with zero attached hydrogens (tertiary/aromatic N) is 2. The van der Waals surface area contributed by atoms with E-state index >= 15 is 0 Å². The van der Waals surface area contributed by atoms with Gasteiger partial charge in [-0.1, -0.05) is 12.1 Å². The minimum absolute atomic E-state index is 0.00826. The number of nitrogens with two attached hydrogens (primary N) is 2. The van der Waals surface area contributed by atoms with Gasteiger partial charge in [0, 0.05) is 13.0 Å². The van der Waals surface area contributed by atoms with Crippen LogP contribution in [-0.4, -0.2) is 38.2 Å². The molecule has 2 rings (SSSR count). The van der Waals surface area contributed by atoms with Gasteiger partial charge in [0.25, 0.3) is 0 Å². The van der Waals surface area contributed by atoms with Gasteiger partial charge in [0.05, 0.1) is 23.5 Å². The molecule has 0 saturated heterocycles. The van der Waals surface area contributed by atoms with Gasteiger partial charge in [0.15, 0.2) is 5.78 Å². The Kier molecular flexibility index (Phi) is 8.24. The van der Waals surface area contributed by atoms with Crippen molar-refractivity contribution in [2.45, 2.75) is 6.42 Å². The summed E-state index contributed by atoms with van der Waals surface area (Å²) in [6, 6.07) is 13.7. The molecule has 0 aromatic heterocycles. The summed E-state index contributed by atoms with van der Waals surface area (Å²) in [7, 11) is 0. The summed E-state index contributed by atoms with van der Waals surface area (Å²) in [5.41, 5.74) is 13.0. The molecule has 27 heavy (non-hydrogen) atoms. The Morgan fingerprint density at radius 1 is 0.889 bits per heavy atom. The summed E-state index contributed by atoms with van der Waals surface area (Å²) in [5, 5.41) is 8.25. The molecule has 0 bridgehead atoms.